The summed E-state index contributed by atoms with van der Waals surface area (Å²) in [6, 6.07) is 12.0. The van der Waals surface area contributed by atoms with Gasteiger partial charge in [0.15, 0.2) is 5.96 Å². The first kappa shape index (κ1) is 16.3. The highest BCUT2D eigenvalue weighted by atomic mass is 15.3. The minimum absolute atomic E-state index is 0.532. The fourth-order valence-electron chi connectivity index (χ4n) is 3.86. The predicted octanol–water partition coefficient (Wildman–Crippen LogP) is 2.53. The van der Waals surface area contributed by atoms with Crippen LogP contribution in [0.2, 0.25) is 0 Å². The van der Waals surface area contributed by atoms with E-state index >= 15 is 0 Å². The molecule has 1 aliphatic carbocycles. The van der Waals surface area contributed by atoms with Crippen LogP contribution in [0.3, 0.4) is 0 Å². The first-order chi connectivity index (χ1) is 11.2. The molecule has 0 amide bonds. The molecule has 2 fully saturated rings. The zero-order valence-corrected chi connectivity index (χ0v) is 14.7. The quantitative estimate of drug-likeness (QED) is 0.669. The van der Waals surface area contributed by atoms with Crippen LogP contribution in [0.5, 0.6) is 0 Å². The minimum Gasteiger partial charge on any atom is -0.353 e. The predicted molar refractivity (Wildman–Crippen MR) is 97.0 cm³/mol. The molecule has 126 valence electrons. The largest absolute Gasteiger partial charge is 0.353 e. The maximum Gasteiger partial charge on any atom is 0.193 e. The molecule has 0 spiro atoms. The fraction of sp³-hybridized carbons (Fsp3) is 0.632. The van der Waals surface area contributed by atoms with Gasteiger partial charge in [-0.3, -0.25) is 9.89 Å². The molecule has 1 heterocycles. The highest BCUT2D eigenvalue weighted by Gasteiger charge is 2.39. The molecule has 4 heteroatoms. The second kappa shape index (κ2) is 7.35. The Balaban J connectivity index is 1.52. The van der Waals surface area contributed by atoms with Crippen molar-refractivity contribution >= 4 is 5.96 Å². The third-order valence-electron chi connectivity index (χ3n) is 5.30. The number of rotatable bonds is 5. The maximum atomic E-state index is 4.50. The summed E-state index contributed by atoms with van der Waals surface area (Å²) in [4.78, 5) is 9.40. The van der Waals surface area contributed by atoms with E-state index in [0.717, 1.165) is 19.0 Å². The SMILES string of the molecule is CCN1CCCC1CN(C)C(=NC)NC1CC1c1ccccc1. The number of benzene rings is 1. The van der Waals surface area contributed by atoms with Crippen LogP contribution in [-0.4, -0.2) is 61.6 Å². The molecule has 2 aliphatic rings. The Labute approximate surface area is 140 Å². The summed E-state index contributed by atoms with van der Waals surface area (Å²) < 4.78 is 0. The van der Waals surface area contributed by atoms with E-state index in [1.807, 2.05) is 7.05 Å². The first-order valence-electron chi connectivity index (χ1n) is 8.96. The van der Waals surface area contributed by atoms with Crippen LogP contribution in [0, 0.1) is 0 Å². The van der Waals surface area contributed by atoms with Crippen LogP contribution < -0.4 is 5.32 Å². The van der Waals surface area contributed by atoms with Crippen molar-refractivity contribution in [1.82, 2.24) is 15.1 Å². The van der Waals surface area contributed by atoms with Crippen molar-refractivity contribution in [2.75, 3.05) is 33.7 Å². The zero-order valence-electron chi connectivity index (χ0n) is 14.7. The van der Waals surface area contributed by atoms with E-state index in [1.54, 1.807) is 0 Å². The van der Waals surface area contributed by atoms with Crippen molar-refractivity contribution in [2.24, 2.45) is 4.99 Å². The molecule has 23 heavy (non-hydrogen) atoms. The Morgan fingerprint density at radius 1 is 1.35 bits per heavy atom. The van der Waals surface area contributed by atoms with Gasteiger partial charge in [-0.05, 0) is 37.9 Å². The van der Waals surface area contributed by atoms with Crippen molar-refractivity contribution in [2.45, 2.75) is 44.2 Å². The number of aliphatic imine (C=N–C) groups is 1. The van der Waals surface area contributed by atoms with Gasteiger partial charge in [-0.15, -0.1) is 0 Å². The molecule has 1 aromatic carbocycles. The van der Waals surface area contributed by atoms with E-state index in [1.165, 1.54) is 31.4 Å². The number of hydrogen-bond donors (Lipinski definition) is 1. The van der Waals surface area contributed by atoms with Gasteiger partial charge in [-0.2, -0.15) is 0 Å². The molecule has 0 radical (unpaired) electrons. The van der Waals surface area contributed by atoms with Crippen molar-refractivity contribution in [1.29, 1.82) is 0 Å². The molecular formula is C19H30N4. The second-order valence-corrected chi connectivity index (χ2v) is 6.86. The Morgan fingerprint density at radius 3 is 2.83 bits per heavy atom. The van der Waals surface area contributed by atoms with Gasteiger partial charge in [0.05, 0.1) is 0 Å². The van der Waals surface area contributed by atoms with Gasteiger partial charge in [0.2, 0.25) is 0 Å². The molecule has 3 rings (SSSR count). The van der Waals surface area contributed by atoms with Gasteiger partial charge < -0.3 is 10.2 Å². The van der Waals surface area contributed by atoms with Gasteiger partial charge in [-0.1, -0.05) is 37.3 Å². The molecule has 1 saturated carbocycles. The Bertz CT molecular complexity index is 527. The average molecular weight is 314 g/mol. The lowest BCUT2D eigenvalue weighted by Gasteiger charge is -2.30. The first-order valence-corrected chi connectivity index (χ1v) is 8.96. The van der Waals surface area contributed by atoms with Crippen LogP contribution in [0.15, 0.2) is 35.3 Å². The van der Waals surface area contributed by atoms with Gasteiger partial charge in [0, 0.05) is 38.6 Å². The number of nitrogens with zero attached hydrogens (tertiary/aromatic N) is 3. The van der Waals surface area contributed by atoms with E-state index < -0.39 is 0 Å². The lowest BCUT2D eigenvalue weighted by molar-refractivity contribution is 0.232. The van der Waals surface area contributed by atoms with E-state index in [0.29, 0.717) is 18.0 Å². The fourth-order valence-corrected chi connectivity index (χ4v) is 3.86. The van der Waals surface area contributed by atoms with Crippen LogP contribution in [0.4, 0.5) is 0 Å². The van der Waals surface area contributed by atoms with Crippen molar-refractivity contribution in [3.8, 4) is 0 Å². The van der Waals surface area contributed by atoms with Crippen LogP contribution in [0.25, 0.3) is 0 Å². The van der Waals surface area contributed by atoms with E-state index in [2.05, 4.69) is 64.4 Å². The van der Waals surface area contributed by atoms with Gasteiger partial charge in [0.25, 0.3) is 0 Å². The van der Waals surface area contributed by atoms with E-state index in [4.69, 9.17) is 0 Å². The van der Waals surface area contributed by atoms with Crippen molar-refractivity contribution in [3.05, 3.63) is 35.9 Å². The summed E-state index contributed by atoms with van der Waals surface area (Å²) in [7, 11) is 4.06. The number of nitrogens with one attached hydrogen (secondary N) is 1. The topological polar surface area (TPSA) is 30.9 Å². The maximum absolute atomic E-state index is 4.50. The van der Waals surface area contributed by atoms with Crippen LogP contribution >= 0.6 is 0 Å². The average Bonchev–Trinajstić information content (AvgIpc) is 3.22. The second-order valence-electron chi connectivity index (χ2n) is 6.86. The van der Waals surface area contributed by atoms with Gasteiger partial charge in [-0.25, -0.2) is 0 Å². The highest BCUT2D eigenvalue weighted by molar-refractivity contribution is 5.80. The molecule has 3 unspecified atom stereocenters. The number of guanidine groups is 1. The summed E-state index contributed by atoms with van der Waals surface area (Å²) in [5.41, 5.74) is 1.44. The summed E-state index contributed by atoms with van der Waals surface area (Å²) in [6.45, 7) is 5.74. The molecule has 3 atom stereocenters. The van der Waals surface area contributed by atoms with Crippen LogP contribution in [-0.2, 0) is 0 Å². The van der Waals surface area contributed by atoms with Crippen molar-refractivity contribution in [3.63, 3.8) is 0 Å². The molecule has 1 saturated heterocycles. The van der Waals surface area contributed by atoms with E-state index in [-0.39, 0.29) is 0 Å². The molecule has 1 aliphatic heterocycles. The normalized spacial score (nSPS) is 28.0. The third kappa shape index (κ3) is 3.86. The molecule has 1 aromatic rings. The van der Waals surface area contributed by atoms with Gasteiger partial charge in [0.1, 0.15) is 0 Å². The standard InChI is InChI=1S/C19H30N4/c1-4-23-12-8-11-16(23)14-22(3)19(20-2)21-18-13-17(18)15-9-6-5-7-10-15/h5-7,9-10,16-18H,4,8,11-14H2,1-3H3,(H,20,21). The summed E-state index contributed by atoms with van der Waals surface area (Å²) in [6.07, 6.45) is 3.85. The molecule has 1 N–H and O–H groups in total. The lowest BCUT2D eigenvalue weighted by Crippen LogP contribution is -2.46. The third-order valence-corrected chi connectivity index (χ3v) is 5.30. The number of likely N-dealkylation sites (N-methyl/N-ethyl adjacent to an activating group) is 2. The molecular weight excluding hydrogens is 284 g/mol. The molecule has 4 nitrogen and oxygen atoms in total. The lowest BCUT2D eigenvalue weighted by atomic mass is 10.1. The smallest absolute Gasteiger partial charge is 0.193 e. The Morgan fingerprint density at radius 2 is 2.13 bits per heavy atom. The van der Waals surface area contributed by atoms with E-state index in [9.17, 15) is 0 Å². The minimum atomic E-state index is 0.532. The van der Waals surface area contributed by atoms with Gasteiger partial charge >= 0.3 is 0 Å². The van der Waals surface area contributed by atoms with Crippen molar-refractivity contribution < 1.29 is 0 Å². The molecule has 0 bridgehead atoms. The number of hydrogen-bond acceptors (Lipinski definition) is 2. The Kier molecular flexibility index (Phi) is 5.21. The molecule has 0 aromatic heterocycles. The monoisotopic (exact) mass is 314 g/mol. The highest BCUT2D eigenvalue weighted by Crippen LogP contribution is 2.40. The summed E-state index contributed by atoms with van der Waals surface area (Å²) in [5, 5.41) is 3.65. The summed E-state index contributed by atoms with van der Waals surface area (Å²) >= 11 is 0. The summed E-state index contributed by atoms with van der Waals surface area (Å²) in [5.74, 6) is 1.68. The Hall–Kier alpha value is -1.55. The van der Waals surface area contributed by atoms with Crippen LogP contribution in [0.1, 0.15) is 37.7 Å². The number of likely N-dealkylation sites (tertiary alicyclic amines) is 1. The zero-order chi connectivity index (χ0) is 16.2.